The molecule has 2 N–H and O–H groups in total. The molecule has 28 heavy (non-hydrogen) atoms. The second-order valence-corrected chi connectivity index (χ2v) is 7.62. The van der Waals surface area contributed by atoms with Crippen molar-refractivity contribution >= 4 is 11.9 Å². The van der Waals surface area contributed by atoms with E-state index >= 15 is 0 Å². The fourth-order valence-corrected chi connectivity index (χ4v) is 3.30. The van der Waals surface area contributed by atoms with Crippen molar-refractivity contribution in [2.24, 2.45) is 10.9 Å². The lowest BCUT2D eigenvalue weighted by atomic mass is 10.2. The van der Waals surface area contributed by atoms with E-state index in [1.807, 2.05) is 24.8 Å². The number of unbranched alkanes of at least 4 members (excludes halogenated alkanes) is 1. The third-order valence-corrected chi connectivity index (χ3v) is 4.94. The first-order chi connectivity index (χ1) is 13.6. The van der Waals surface area contributed by atoms with Gasteiger partial charge in [0.15, 0.2) is 5.96 Å². The Bertz CT molecular complexity index is 604. The number of ether oxygens (including phenoxy) is 1. The van der Waals surface area contributed by atoms with Crippen LogP contribution in [0.15, 0.2) is 35.3 Å². The van der Waals surface area contributed by atoms with E-state index in [4.69, 9.17) is 4.74 Å². The van der Waals surface area contributed by atoms with E-state index in [1.165, 1.54) is 5.56 Å². The van der Waals surface area contributed by atoms with Gasteiger partial charge in [-0.2, -0.15) is 0 Å². The molecule has 1 atom stereocenters. The minimum absolute atomic E-state index is 0.0612. The number of nitrogens with zero attached hydrogens (tertiary/aromatic N) is 2. The summed E-state index contributed by atoms with van der Waals surface area (Å²) in [4.78, 5) is 18.3. The van der Waals surface area contributed by atoms with Crippen LogP contribution in [0, 0.1) is 5.92 Å². The summed E-state index contributed by atoms with van der Waals surface area (Å²) >= 11 is 0. The van der Waals surface area contributed by atoms with E-state index < -0.39 is 0 Å². The molecule has 6 heteroatoms. The molecule has 156 valence electrons. The van der Waals surface area contributed by atoms with Crippen molar-refractivity contribution in [3.8, 4) is 0 Å². The first-order valence-corrected chi connectivity index (χ1v) is 10.5. The highest BCUT2D eigenvalue weighted by molar-refractivity contribution is 5.81. The molecule has 6 nitrogen and oxygen atoms in total. The average molecular weight is 389 g/mol. The summed E-state index contributed by atoms with van der Waals surface area (Å²) < 4.78 is 5.72. The summed E-state index contributed by atoms with van der Waals surface area (Å²) in [5.41, 5.74) is 1.32. The molecule has 1 amide bonds. The van der Waals surface area contributed by atoms with Gasteiger partial charge in [0.25, 0.3) is 0 Å². The zero-order valence-corrected chi connectivity index (χ0v) is 17.6. The van der Waals surface area contributed by atoms with Gasteiger partial charge in [0, 0.05) is 45.2 Å². The van der Waals surface area contributed by atoms with Crippen LogP contribution < -0.4 is 10.6 Å². The van der Waals surface area contributed by atoms with Crippen LogP contribution in [-0.4, -0.2) is 62.7 Å². The van der Waals surface area contributed by atoms with E-state index in [-0.39, 0.29) is 17.9 Å². The van der Waals surface area contributed by atoms with Gasteiger partial charge in [-0.25, -0.2) is 0 Å². The van der Waals surface area contributed by atoms with Gasteiger partial charge >= 0.3 is 0 Å². The SMILES string of the molecule is CN=C(NCCCCOCCc1ccccc1)NC1CCN(C(=O)C(C)C)C1. The van der Waals surface area contributed by atoms with Gasteiger partial charge in [-0.1, -0.05) is 44.2 Å². The first kappa shape index (κ1) is 22.2. The number of hydrogen-bond donors (Lipinski definition) is 2. The van der Waals surface area contributed by atoms with Crippen LogP contribution in [0.4, 0.5) is 0 Å². The highest BCUT2D eigenvalue weighted by Crippen LogP contribution is 2.12. The first-order valence-electron chi connectivity index (χ1n) is 10.5. The van der Waals surface area contributed by atoms with Crippen molar-refractivity contribution in [3.05, 3.63) is 35.9 Å². The molecule has 1 aromatic rings. The Morgan fingerprint density at radius 1 is 1.25 bits per heavy atom. The normalized spacial score (nSPS) is 17.2. The molecular weight excluding hydrogens is 352 g/mol. The van der Waals surface area contributed by atoms with Crippen LogP contribution in [0.1, 0.15) is 38.7 Å². The van der Waals surface area contributed by atoms with Crippen molar-refractivity contribution in [1.82, 2.24) is 15.5 Å². The Labute approximate surface area is 169 Å². The minimum Gasteiger partial charge on any atom is -0.381 e. The molecule has 1 unspecified atom stereocenters. The van der Waals surface area contributed by atoms with Crippen LogP contribution >= 0.6 is 0 Å². The Morgan fingerprint density at radius 2 is 2.04 bits per heavy atom. The summed E-state index contributed by atoms with van der Waals surface area (Å²) in [6, 6.07) is 10.7. The van der Waals surface area contributed by atoms with Crippen LogP contribution in [0.2, 0.25) is 0 Å². The Morgan fingerprint density at radius 3 is 2.75 bits per heavy atom. The number of likely N-dealkylation sites (tertiary alicyclic amines) is 1. The predicted molar refractivity (Wildman–Crippen MR) is 115 cm³/mol. The molecule has 1 aliphatic rings. The Kier molecular flexibility index (Phi) is 9.83. The van der Waals surface area contributed by atoms with Crippen molar-refractivity contribution in [1.29, 1.82) is 0 Å². The van der Waals surface area contributed by atoms with Gasteiger partial charge in [-0.05, 0) is 31.2 Å². The van der Waals surface area contributed by atoms with Crippen LogP contribution in [0.3, 0.4) is 0 Å². The van der Waals surface area contributed by atoms with E-state index in [0.29, 0.717) is 0 Å². The van der Waals surface area contributed by atoms with E-state index in [0.717, 1.165) is 64.5 Å². The summed E-state index contributed by atoms with van der Waals surface area (Å²) in [6.07, 6.45) is 4.00. The van der Waals surface area contributed by atoms with Crippen LogP contribution in [-0.2, 0) is 16.0 Å². The molecule has 0 spiro atoms. The Hall–Kier alpha value is -2.08. The standard InChI is InChI=1S/C22H36N4O2/c1-18(2)21(27)26-14-11-20(17-26)25-22(23-3)24-13-7-8-15-28-16-12-19-9-5-4-6-10-19/h4-6,9-10,18,20H,7-8,11-17H2,1-3H3,(H2,23,24,25). The van der Waals surface area contributed by atoms with Gasteiger partial charge in [0.2, 0.25) is 5.91 Å². The number of amides is 1. The van der Waals surface area contributed by atoms with E-state index in [9.17, 15) is 4.79 Å². The van der Waals surface area contributed by atoms with E-state index in [2.05, 4.69) is 39.9 Å². The van der Waals surface area contributed by atoms with Gasteiger partial charge in [0.05, 0.1) is 6.61 Å². The van der Waals surface area contributed by atoms with Crippen molar-refractivity contribution in [3.63, 3.8) is 0 Å². The molecule has 0 bridgehead atoms. The Balaban J connectivity index is 1.51. The molecule has 0 saturated carbocycles. The number of carbonyl (C=O) groups excluding carboxylic acids is 1. The predicted octanol–water partition coefficient (Wildman–Crippen LogP) is 2.45. The number of carbonyl (C=O) groups is 1. The molecule has 1 saturated heterocycles. The van der Waals surface area contributed by atoms with Crippen molar-refractivity contribution in [2.45, 2.75) is 45.6 Å². The molecule has 1 fully saturated rings. The monoisotopic (exact) mass is 388 g/mol. The fraction of sp³-hybridized carbons (Fsp3) is 0.636. The van der Waals surface area contributed by atoms with Gasteiger partial charge in [0.1, 0.15) is 0 Å². The average Bonchev–Trinajstić information content (AvgIpc) is 3.17. The maximum atomic E-state index is 12.1. The van der Waals surface area contributed by atoms with Crippen molar-refractivity contribution in [2.75, 3.05) is 39.9 Å². The third-order valence-electron chi connectivity index (χ3n) is 4.94. The highest BCUT2D eigenvalue weighted by atomic mass is 16.5. The molecule has 0 radical (unpaired) electrons. The molecule has 2 rings (SSSR count). The quantitative estimate of drug-likeness (QED) is 0.367. The van der Waals surface area contributed by atoms with E-state index in [1.54, 1.807) is 7.05 Å². The minimum atomic E-state index is 0.0612. The largest absolute Gasteiger partial charge is 0.381 e. The summed E-state index contributed by atoms with van der Waals surface area (Å²) in [5, 5.41) is 6.79. The number of aliphatic imine (C=N–C) groups is 1. The lowest BCUT2D eigenvalue weighted by Crippen LogP contribution is -2.45. The van der Waals surface area contributed by atoms with Gasteiger partial charge in [-0.15, -0.1) is 0 Å². The third kappa shape index (κ3) is 7.89. The number of nitrogens with one attached hydrogen (secondary N) is 2. The maximum absolute atomic E-state index is 12.1. The summed E-state index contributed by atoms with van der Waals surface area (Å²) in [7, 11) is 1.79. The lowest BCUT2D eigenvalue weighted by molar-refractivity contribution is -0.133. The number of guanidine groups is 1. The van der Waals surface area contributed by atoms with Crippen molar-refractivity contribution < 1.29 is 9.53 Å². The topological polar surface area (TPSA) is 66.0 Å². The summed E-state index contributed by atoms with van der Waals surface area (Å²) in [6.45, 7) is 7.91. The summed E-state index contributed by atoms with van der Waals surface area (Å²) in [5.74, 6) is 1.11. The maximum Gasteiger partial charge on any atom is 0.225 e. The molecule has 0 aliphatic carbocycles. The van der Waals surface area contributed by atoms with Gasteiger partial charge in [-0.3, -0.25) is 9.79 Å². The molecule has 1 heterocycles. The molecule has 0 aromatic heterocycles. The smallest absolute Gasteiger partial charge is 0.225 e. The fourth-order valence-electron chi connectivity index (χ4n) is 3.30. The highest BCUT2D eigenvalue weighted by Gasteiger charge is 2.27. The van der Waals surface area contributed by atoms with Crippen LogP contribution in [0.25, 0.3) is 0 Å². The molecule has 1 aromatic carbocycles. The zero-order valence-electron chi connectivity index (χ0n) is 17.6. The molecular formula is C22H36N4O2. The lowest BCUT2D eigenvalue weighted by Gasteiger charge is -2.20. The number of hydrogen-bond acceptors (Lipinski definition) is 3. The van der Waals surface area contributed by atoms with Gasteiger partial charge < -0.3 is 20.3 Å². The zero-order chi connectivity index (χ0) is 20.2. The number of benzene rings is 1. The number of rotatable bonds is 10. The second kappa shape index (κ2) is 12.4. The van der Waals surface area contributed by atoms with Crippen LogP contribution in [0.5, 0.6) is 0 Å². The second-order valence-electron chi connectivity index (χ2n) is 7.62. The molecule has 1 aliphatic heterocycles.